The van der Waals surface area contributed by atoms with Crippen LogP contribution in [0.1, 0.15) is 43.6 Å². The van der Waals surface area contributed by atoms with Crippen molar-refractivity contribution in [2.24, 2.45) is 0 Å². The highest BCUT2D eigenvalue weighted by molar-refractivity contribution is 5.77. The summed E-state index contributed by atoms with van der Waals surface area (Å²) in [4.78, 5) is 38.3. The van der Waals surface area contributed by atoms with Crippen molar-refractivity contribution in [2.75, 3.05) is 6.54 Å². The molecular formula is C17H22N6O2. The molecule has 1 aliphatic rings. The Morgan fingerprint density at radius 3 is 2.96 bits per heavy atom. The molecule has 3 heterocycles. The first-order valence-electron chi connectivity index (χ1n) is 8.44. The second kappa shape index (κ2) is 7.87. The Morgan fingerprint density at radius 2 is 2.20 bits per heavy atom. The van der Waals surface area contributed by atoms with Gasteiger partial charge < -0.3 is 14.8 Å². The smallest absolute Gasteiger partial charge is 0.224 e. The number of likely N-dealkylation sites (tertiary alicyclic amines) is 1. The standard InChI is InChI=1S/C17H22N6O2/c1-13(24)20-10-14-9-19-11-15(21-14)16-3-2-6-23(16)17(25)4-7-22-8-5-18-12-22/h5,8-9,11-12,16H,2-4,6-7,10H2,1H3,(H,20,24). The van der Waals surface area contributed by atoms with E-state index < -0.39 is 0 Å². The highest BCUT2D eigenvalue weighted by atomic mass is 16.2. The molecule has 2 aromatic rings. The third-order valence-corrected chi connectivity index (χ3v) is 4.28. The fourth-order valence-corrected chi connectivity index (χ4v) is 3.04. The number of amides is 2. The number of hydrogen-bond acceptors (Lipinski definition) is 5. The van der Waals surface area contributed by atoms with Gasteiger partial charge in [-0.05, 0) is 12.8 Å². The van der Waals surface area contributed by atoms with Crippen molar-refractivity contribution in [1.82, 2.24) is 29.7 Å². The van der Waals surface area contributed by atoms with Gasteiger partial charge >= 0.3 is 0 Å². The van der Waals surface area contributed by atoms with E-state index in [0.29, 0.717) is 25.2 Å². The normalized spacial score (nSPS) is 16.8. The van der Waals surface area contributed by atoms with E-state index in [9.17, 15) is 9.59 Å². The van der Waals surface area contributed by atoms with E-state index in [1.807, 2.05) is 15.7 Å². The zero-order valence-corrected chi connectivity index (χ0v) is 14.3. The van der Waals surface area contributed by atoms with E-state index in [4.69, 9.17) is 0 Å². The molecule has 8 heteroatoms. The summed E-state index contributed by atoms with van der Waals surface area (Å²) in [5, 5.41) is 2.72. The van der Waals surface area contributed by atoms with Crippen molar-refractivity contribution in [3.63, 3.8) is 0 Å². The van der Waals surface area contributed by atoms with Gasteiger partial charge in [0.2, 0.25) is 11.8 Å². The lowest BCUT2D eigenvalue weighted by Gasteiger charge is -2.24. The Hall–Kier alpha value is -2.77. The number of aromatic nitrogens is 4. The Morgan fingerprint density at radius 1 is 1.32 bits per heavy atom. The van der Waals surface area contributed by atoms with Crippen LogP contribution in [-0.4, -0.2) is 42.8 Å². The first-order valence-corrected chi connectivity index (χ1v) is 8.44. The van der Waals surface area contributed by atoms with Crippen LogP contribution >= 0.6 is 0 Å². The maximum Gasteiger partial charge on any atom is 0.224 e. The summed E-state index contributed by atoms with van der Waals surface area (Å²) in [6.45, 7) is 3.17. The molecule has 1 N–H and O–H groups in total. The van der Waals surface area contributed by atoms with Crippen LogP contribution in [0.15, 0.2) is 31.1 Å². The van der Waals surface area contributed by atoms with Crippen LogP contribution in [0.4, 0.5) is 0 Å². The van der Waals surface area contributed by atoms with Crippen molar-refractivity contribution >= 4 is 11.8 Å². The molecule has 1 unspecified atom stereocenters. The number of rotatable bonds is 6. The summed E-state index contributed by atoms with van der Waals surface area (Å²) in [5.41, 5.74) is 1.49. The number of nitrogens with zero attached hydrogens (tertiary/aromatic N) is 5. The molecule has 1 atom stereocenters. The lowest BCUT2D eigenvalue weighted by atomic mass is 10.1. The zero-order valence-electron chi connectivity index (χ0n) is 14.3. The minimum atomic E-state index is -0.107. The summed E-state index contributed by atoms with van der Waals surface area (Å²) in [6, 6.07) is -0.0416. The predicted molar refractivity (Wildman–Crippen MR) is 90.1 cm³/mol. The Kier molecular flexibility index (Phi) is 5.37. The molecule has 1 fully saturated rings. The van der Waals surface area contributed by atoms with Crippen LogP contribution in [0.5, 0.6) is 0 Å². The minimum Gasteiger partial charge on any atom is -0.351 e. The van der Waals surface area contributed by atoms with Gasteiger partial charge in [0.05, 0.1) is 42.7 Å². The molecule has 1 aliphatic heterocycles. The van der Waals surface area contributed by atoms with Crippen molar-refractivity contribution in [3.8, 4) is 0 Å². The van der Waals surface area contributed by atoms with Gasteiger partial charge in [0.25, 0.3) is 0 Å². The van der Waals surface area contributed by atoms with Gasteiger partial charge in [-0.25, -0.2) is 4.98 Å². The van der Waals surface area contributed by atoms with E-state index >= 15 is 0 Å². The molecule has 0 aromatic carbocycles. The van der Waals surface area contributed by atoms with E-state index in [0.717, 1.165) is 25.1 Å². The second-order valence-electron chi connectivity index (χ2n) is 6.14. The average molecular weight is 342 g/mol. The molecule has 0 bridgehead atoms. The monoisotopic (exact) mass is 342 g/mol. The molecule has 1 saturated heterocycles. The number of carbonyl (C=O) groups excluding carboxylic acids is 2. The van der Waals surface area contributed by atoms with Crippen molar-refractivity contribution in [2.45, 2.75) is 45.3 Å². The summed E-state index contributed by atoms with van der Waals surface area (Å²) in [5.74, 6) is 0.00893. The van der Waals surface area contributed by atoms with Gasteiger partial charge in [-0.2, -0.15) is 0 Å². The van der Waals surface area contributed by atoms with Gasteiger partial charge in [-0.15, -0.1) is 0 Å². The van der Waals surface area contributed by atoms with Crippen LogP contribution in [0, 0.1) is 0 Å². The zero-order chi connectivity index (χ0) is 17.6. The van der Waals surface area contributed by atoms with Crippen LogP contribution in [-0.2, 0) is 22.7 Å². The Labute approximate surface area is 146 Å². The molecule has 0 aliphatic carbocycles. The predicted octanol–water partition coefficient (Wildman–Crippen LogP) is 1.06. The van der Waals surface area contributed by atoms with Crippen LogP contribution < -0.4 is 5.32 Å². The van der Waals surface area contributed by atoms with Crippen molar-refractivity contribution < 1.29 is 9.59 Å². The van der Waals surface area contributed by atoms with Gasteiger partial charge in [-0.3, -0.25) is 19.6 Å². The number of nitrogens with one attached hydrogen (secondary N) is 1. The number of imidazole rings is 1. The quantitative estimate of drug-likeness (QED) is 0.847. The Bertz CT molecular complexity index is 730. The van der Waals surface area contributed by atoms with E-state index in [1.165, 1.54) is 6.92 Å². The molecule has 132 valence electrons. The first kappa shape index (κ1) is 17.1. The molecule has 8 nitrogen and oxygen atoms in total. The lowest BCUT2D eigenvalue weighted by molar-refractivity contribution is -0.132. The topological polar surface area (TPSA) is 93.0 Å². The SMILES string of the molecule is CC(=O)NCc1cncc(C2CCCN2C(=O)CCn2ccnc2)n1. The molecular weight excluding hydrogens is 320 g/mol. The third-order valence-electron chi connectivity index (χ3n) is 4.28. The molecule has 2 amide bonds. The maximum absolute atomic E-state index is 12.6. The maximum atomic E-state index is 12.6. The van der Waals surface area contributed by atoms with Gasteiger partial charge in [-0.1, -0.05) is 0 Å². The summed E-state index contributed by atoms with van der Waals surface area (Å²) < 4.78 is 1.90. The highest BCUT2D eigenvalue weighted by Crippen LogP contribution is 2.31. The van der Waals surface area contributed by atoms with E-state index in [-0.39, 0.29) is 17.9 Å². The van der Waals surface area contributed by atoms with Crippen molar-refractivity contribution in [1.29, 1.82) is 0 Å². The summed E-state index contributed by atoms with van der Waals surface area (Å²) in [6.07, 6.45) is 10.9. The van der Waals surface area contributed by atoms with Crippen LogP contribution in [0.25, 0.3) is 0 Å². The minimum absolute atomic E-state index is 0.0416. The van der Waals surface area contributed by atoms with Gasteiger partial charge in [0.15, 0.2) is 0 Å². The van der Waals surface area contributed by atoms with Crippen LogP contribution in [0.3, 0.4) is 0 Å². The highest BCUT2D eigenvalue weighted by Gasteiger charge is 2.30. The molecule has 25 heavy (non-hydrogen) atoms. The fourth-order valence-electron chi connectivity index (χ4n) is 3.04. The third kappa shape index (κ3) is 4.40. The molecule has 2 aromatic heterocycles. The lowest BCUT2D eigenvalue weighted by Crippen LogP contribution is -2.32. The first-order chi connectivity index (χ1) is 12.1. The van der Waals surface area contributed by atoms with Crippen molar-refractivity contribution in [3.05, 3.63) is 42.5 Å². The number of aryl methyl sites for hydroxylation is 1. The number of hydrogen-bond donors (Lipinski definition) is 1. The van der Waals surface area contributed by atoms with Gasteiger partial charge in [0, 0.05) is 38.8 Å². The largest absolute Gasteiger partial charge is 0.351 e. The molecule has 0 spiro atoms. The molecule has 0 radical (unpaired) electrons. The molecule has 3 rings (SSSR count). The van der Waals surface area contributed by atoms with Crippen LogP contribution in [0.2, 0.25) is 0 Å². The summed E-state index contributed by atoms with van der Waals surface area (Å²) in [7, 11) is 0. The number of carbonyl (C=O) groups is 2. The average Bonchev–Trinajstić information content (AvgIpc) is 3.29. The fraction of sp³-hybridized carbons (Fsp3) is 0.471. The Balaban J connectivity index is 1.65. The summed E-state index contributed by atoms with van der Waals surface area (Å²) >= 11 is 0. The van der Waals surface area contributed by atoms with E-state index in [1.54, 1.807) is 24.9 Å². The van der Waals surface area contributed by atoms with E-state index in [2.05, 4.69) is 20.3 Å². The second-order valence-corrected chi connectivity index (χ2v) is 6.14. The molecule has 0 saturated carbocycles. The van der Waals surface area contributed by atoms with Gasteiger partial charge in [0.1, 0.15) is 0 Å².